The van der Waals surface area contributed by atoms with Gasteiger partial charge < -0.3 is 5.73 Å². The van der Waals surface area contributed by atoms with Crippen LogP contribution in [-0.2, 0) is 12.0 Å². The Kier molecular flexibility index (Phi) is 4.41. The largest absolute Gasteiger partial charge is 0.321 e. The predicted octanol–water partition coefficient (Wildman–Crippen LogP) is 4.42. The topological polar surface area (TPSA) is 26.0 Å². The highest BCUT2D eigenvalue weighted by Gasteiger charge is 2.26. The van der Waals surface area contributed by atoms with E-state index in [4.69, 9.17) is 17.3 Å². The zero-order valence-electron chi connectivity index (χ0n) is 11.2. The van der Waals surface area contributed by atoms with Gasteiger partial charge in [0.25, 0.3) is 0 Å². The summed E-state index contributed by atoms with van der Waals surface area (Å²) in [6.45, 7) is 1.94. The van der Waals surface area contributed by atoms with Crippen LogP contribution in [0.5, 0.6) is 0 Å². The Bertz CT molecular complexity index is 615. The Balaban J connectivity index is 2.33. The second-order valence-electron chi connectivity index (χ2n) is 4.95. The summed E-state index contributed by atoms with van der Waals surface area (Å²) in [5.41, 5.74) is 7.25. The summed E-state index contributed by atoms with van der Waals surface area (Å²) >= 11 is 5.78. The monoisotopic (exact) mass is 295 g/mol. The molecule has 0 fully saturated rings. The van der Waals surface area contributed by atoms with E-state index in [1.807, 2.05) is 6.92 Å². The van der Waals surface area contributed by atoms with Crippen molar-refractivity contribution in [3.05, 3.63) is 70.2 Å². The van der Waals surface area contributed by atoms with Gasteiger partial charge in [0.1, 0.15) is 11.6 Å². The molecule has 2 aromatic rings. The third-order valence-corrected chi connectivity index (χ3v) is 3.82. The zero-order chi connectivity index (χ0) is 14.8. The lowest BCUT2D eigenvalue weighted by atomic mass is 9.82. The molecule has 2 N–H and O–H groups in total. The van der Waals surface area contributed by atoms with Gasteiger partial charge in [-0.15, -0.1) is 0 Å². The Labute approximate surface area is 122 Å². The van der Waals surface area contributed by atoms with Crippen molar-refractivity contribution in [2.24, 2.45) is 5.73 Å². The molecule has 4 heteroatoms. The van der Waals surface area contributed by atoms with E-state index in [-0.39, 0.29) is 10.8 Å². The molecule has 106 valence electrons. The third kappa shape index (κ3) is 3.17. The summed E-state index contributed by atoms with van der Waals surface area (Å²) in [7, 11) is 0. The lowest BCUT2D eigenvalue weighted by Gasteiger charge is -2.29. The molecule has 20 heavy (non-hydrogen) atoms. The fourth-order valence-electron chi connectivity index (χ4n) is 2.24. The van der Waals surface area contributed by atoms with Crippen LogP contribution in [0.15, 0.2) is 42.5 Å². The molecule has 2 aromatic carbocycles. The first-order chi connectivity index (χ1) is 9.44. The average molecular weight is 296 g/mol. The number of benzene rings is 2. The lowest BCUT2D eigenvalue weighted by molar-refractivity contribution is 0.422. The summed E-state index contributed by atoms with van der Waals surface area (Å²) in [6, 6.07) is 10.8. The number of nitrogens with two attached hydrogens (primary N) is 1. The standard InChI is InChI=1S/C16H16ClF2N/c1-2-16(20,12-4-3-5-13(18)9-12)10-11-6-7-15(19)14(17)8-11/h3-9H,2,10,20H2,1H3. The highest BCUT2D eigenvalue weighted by molar-refractivity contribution is 6.30. The van der Waals surface area contributed by atoms with Crippen molar-refractivity contribution in [1.29, 1.82) is 0 Å². The van der Waals surface area contributed by atoms with Gasteiger partial charge in [0.2, 0.25) is 0 Å². The maximum absolute atomic E-state index is 13.4. The number of halogens is 3. The molecule has 1 nitrogen and oxygen atoms in total. The Morgan fingerprint density at radius 2 is 1.90 bits per heavy atom. The minimum Gasteiger partial charge on any atom is -0.321 e. The van der Waals surface area contributed by atoms with Gasteiger partial charge in [-0.3, -0.25) is 0 Å². The molecule has 0 aliphatic heterocycles. The Morgan fingerprint density at radius 3 is 2.50 bits per heavy atom. The first kappa shape index (κ1) is 14.9. The predicted molar refractivity (Wildman–Crippen MR) is 77.7 cm³/mol. The summed E-state index contributed by atoms with van der Waals surface area (Å²) in [5, 5.41) is 0.0696. The van der Waals surface area contributed by atoms with Crippen molar-refractivity contribution in [1.82, 2.24) is 0 Å². The van der Waals surface area contributed by atoms with Crippen molar-refractivity contribution < 1.29 is 8.78 Å². The van der Waals surface area contributed by atoms with Crippen LogP contribution < -0.4 is 5.73 Å². The molecule has 0 aliphatic rings. The summed E-state index contributed by atoms with van der Waals surface area (Å²) in [6.07, 6.45) is 1.10. The van der Waals surface area contributed by atoms with Gasteiger partial charge in [-0.25, -0.2) is 8.78 Å². The molecule has 0 saturated heterocycles. The molecular weight excluding hydrogens is 280 g/mol. The van der Waals surface area contributed by atoms with Crippen molar-refractivity contribution in [3.63, 3.8) is 0 Å². The molecule has 0 bridgehead atoms. The van der Waals surface area contributed by atoms with Crippen molar-refractivity contribution in [2.45, 2.75) is 25.3 Å². The van der Waals surface area contributed by atoms with Gasteiger partial charge in [0.15, 0.2) is 0 Å². The minimum absolute atomic E-state index is 0.0696. The maximum Gasteiger partial charge on any atom is 0.141 e. The van der Waals surface area contributed by atoms with Crippen molar-refractivity contribution in [3.8, 4) is 0 Å². The van der Waals surface area contributed by atoms with Crippen LogP contribution in [0.4, 0.5) is 8.78 Å². The second-order valence-corrected chi connectivity index (χ2v) is 5.35. The van der Waals surface area contributed by atoms with Crippen LogP contribution in [0.3, 0.4) is 0 Å². The van der Waals surface area contributed by atoms with Crippen LogP contribution in [0.25, 0.3) is 0 Å². The van der Waals surface area contributed by atoms with E-state index in [9.17, 15) is 8.78 Å². The summed E-state index contributed by atoms with van der Waals surface area (Å²) < 4.78 is 26.5. The first-order valence-electron chi connectivity index (χ1n) is 6.43. The van der Waals surface area contributed by atoms with Gasteiger partial charge in [-0.2, -0.15) is 0 Å². The van der Waals surface area contributed by atoms with E-state index in [0.29, 0.717) is 12.8 Å². The van der Waals surface area contributed by atoms with E-state index >= 15 is 0 Å². The number of hydrogen-bond donors (Lipinski definition) is 1. The van der Waals surface area contributed by atoms with E-state index < -0.39 is 11.4 Å². The fraction of sp³-hybridized carbons (Fsp3) is 0.250. The molecule has 0 saturated carbocycles. The molecular formula is C16H16ClF2N. The SMILES string of the molecule is CCC(N)(Cc1ccc(F)c(Cl)c1)c1cccc(F)c1. The van der Waals surface area contributed by atoms with E-state index in [2.05, 4.69) is 0 Å². The normalized spacial score (nSPS) is 14.1. The van der Waals surface area contributed by atoms with E-state index in [0.717, 1.165) is 11.1 Å². The van der Waals surface area contributed by atoms with Crippen molar-refractivity contribution in [2.75, 3.05) is 0 Å². The zero-order valence-corrected chi connectivity index (χ0v) is 11.9. The first-order valence-corrected chi connectivity index (χ1v) is 6.81. The van der Waals surface area contributed by atoms with E-state index in [1.54, 1.807) is 24.3 Å². The fourth-order valence-corrected chi connectivity index (χ4v) is 2.45. The molecule has 0 aliphatic carbocycles. The molecule has 1 atom stereocenters. The van der Waals surface area contributed by atoms with Crippen LogP contribution in [-0.4, -0.2) is 0 Å². The smallest absolute Gasteiger partial charge is 0.141 e. The summed E-state index contributed by atoms with van der Waals surface area (Å²) in [5.74, 6) is -0.775. The second kappa shape index (κ2) is 5.90. The van der Waals surface area contributed by atoms with Crippen LogP contribution in [0, 0.1) is 11.6 Å². The lowest BCUT2D eigenvalue weighted by Crippen LogP contribution is -2.38. The molecule has 0 aromatic heterocycles. The van der Waals surface area contributed by atoms with Gasteiger partial charge >= 0.3 is 0 Å². The molecule has 2 rings (SSSR count). The number of hydrogen-bond acceptors (Lipinski definition) is 1. The van der Waals surface area contributed by atoms with Crippen molar-refractivity contribution >= 4 is 11.6 Å². The molecule has 0 radical (unpaired) electrons. The van der Waals surface area contributed by atoms with Gasteiger partial charge in [0.05, 0.1) is 5.02 Å². The number of rotatable bonds is 4. The quantitative estimate of drug-likeness (QED) is 0.887. The minimum atomic E-state index is -0.705. The third-order valence-electron chi connectivity index (χ3n) is 3.53. The highest BCUT2D eigenvalue weighted by atomic mass is 35.5. The Morgan fingerprint density at radius 1 is 1.15 bits per heavy atom. The molecule has 0 amide bonds. The van der Waals surface area contributed by atoms with Crippen LogP contribution >= 0.6 is 11.6 Å². The van der Waals surface area contributed by atoms with Crippen LogP contribution in [0.2, 0.25) is 5.02 Å². The average Bonchev–Trinajstić information content (AvgIpc) is 2.43. The summed E-state index contributed by atoms with van der Waals surface area (Å²) in [4.78, 5) is 0. The van der Waals surface area contributed by atoms with E-state index in [1.165, 1.54) is 18.2 Å². The molecule has 1 unspecified atom stereocenters. The Hall–Kier alpha value is -1.45. The van der Waals surface area contributed by atoms with Crippen LogP contribution in [0.1, 0.15) is 24.5 Å². The maximum atomic E-state index is 13.4. The highest BCUT2D eigenvalue weighted by Crippen LogP contribution is 2.28. The van der Waals surface area contributed by atoms with Gasteiger partial charge in [-0.1, -0.05) is 36.7 Å². The molecule has 0 heterocycles. The van der Waals surface area contributed by atoms with Gasteiger partial charge in [-0.05, 0) is 48.2 Å². The van der Waals surface area contributed by atoms with Gasteiger partial charge in [0, 0.05) is 5.54 Å². The molecule has 0 spiro atoms.